The molecule has 0 heterocycles. The van der Waals surface area contributed by atoms with E-state index in [-0.39, 0.29) is 0 Å². The highest BCUT2D eigenvalue weighted by molar-refractivity contribution is 5.40. The Kier molecular flexibility index (Phi) is 4.29. The molecule has 0 saturated carbocycles. The van der Waals surface area contributed by atoms with Crippen LogP contribution in [0.1, 0.15) is 45.0 Å². The fourth-order valence-corrected chi connectivity index (χ4v) is 2.95. The molecule has 0 aliphatic heterocycles. The molecule has 0 fully saturated rings. The molecule has 1 N–H and O–H groups in total. The minimum absolute atomic E-state index is 0.435. The van der Waals surface area contributed by atoms with Crippen molar-refractivity contribution in [3.8, 4) is 0 Å². The third kappa shape index (κ3) is 3.10. The highest BCUT2D eigenvalue weighted by atomic mass is 16.3. The van der Waals surface area contributed by atoms with Crippen molar-refractivity contribution < 1.29 is 5.11 Å². The summed E-state index contributed by atoms with van der Waals surface area (Å²) in [5.41, 5.74) is 8.49. The van der Waals surface area contributed by atoms with Crippen molar-refractivity contribution in [3.63, 3.8) is 0 Å². The van der Waals surface area contributed by atoms with E-state index in [0.29, 0.717) is 6.42 Å². The van der Waals surface area contributed by atoms with Crippen LogP contribution < -0.4 is 0 Å². The highest BCUT2D eigenvalue weighted by Gasteiger charge is 2.14. The van der Waals surface area contributed by atoms with Gasteiger partial charge in [0.2, 0.25) is 0 Å². The summed E-state index contributed by atoms with van der Waals surface area (Å²) in [5, 5.41) is 10.6. The summed E-state index contributed by atoms with van der Waals surface area (Å²) in [6.45, 7) is 10.5. The van der Waals surface area contributed by atoms with Crippen molar-refractivity contribution in [3.05, 3.63) is 69.3 Å². The summed E-state index contributed by atoms with van der Waals surface area (Å²) in [5.74, 6) is 0. The van der Waals surface area contributed by atoms with Crippen molar-refractivity contribution in [2.75, 3.05) is 0 Å². The lowest BCUT2D eigenvalue weighted by Gasteiger charge is -2.18. The average Bonchev–Trinajstić information content (AvgIpc) is 2.36. The van der Waals surface area contributed by atoms with E-state index in [9.17, 15) is 5.11 Å². The maximum atomic E-state index is 10.6. The molecule has 0 spiro atoms. The van der Waals surface area contributed by atoms with Crippen LogP contribution in [-0.4, -0.2) is 5.11 Å². The number of benzene rings is 2. The maximum Gasteiger partial charge on any atom is 0.0833 e. The topological polar surface area (TPSA) is 20.2 Å². The van der Waals surface area contributed by atoms with Crippen LogP contribution in [0.5, 0.6) is 0 Å². The Morgan fingerprint density at radius 2 is 1.40 bits per heavy atom. The molecule has 1 heteroatoms. The lowest BCUT2D eigenvalue weighted by atomic mass is 9.91. The van der Waals surface area contributed by atoms with Crippen molar-refractivity contribution in [1.29, 1.82) is 0 Å². The van der Waals surface area contributed by atoms with E-state index in [1.165, 1.54) is 27.8 Å². The van der Waals surface area contributed by atoms with Gasteiger partial charge in [0.25, 0.3) is 0 Å². The van der Waals surface area contributed by atoms with Crippen LogP contribution in [0.25, 0.3) is 0 Å². The van der Waals surface area contributed by atoms with E-state index in [1.54, 1.807) is 0 Å². The Morgan fingerprint density at radius 3 is 2.00 bits per heavy atom. The highest BCUT2D eigenvalue weighted by Crippen LogP contribution is 2.26. The van der Waals surface area contributed by atoms with Crippen LogP contribution in [0.4, 0.5) is 0 Å². The molecule has 20 heavy (non-hydrogen) atoms. The second-order valence-corrected chi connectivity index (χ2v) is 5.96. The molecule has 2 aromatic carbocycles. The van der Waals surface area contributed by atoms with Gasteiger partial charge in [0.1, 0.15) is 0 Å². The Bertz CT molecular complexity index is 603. The lowest BCUT2D eigenvalue weighted by Crippen LogP contribution is -2.07. The first-order valence-electron chi connectivity index (χ1n) is 7.20. The molecular formula is C19H24O. The first-order valence-corrected chi connectivity index (χ1v) is 7.20. The quantitative estimate of drug-likeness (QED) is 0.868. The molecule has 0 aliphatic rings. The zero-order chi connectivity index (χ0) is 14.9. The summed E-state index contributed by atoms with van der Waals surface area (Å²) in [6.07, 6.45) is 0.248. The standard InChI is InChI=1S/C19H24O/c1-12-6-7-14(3)18(10-12)19(20)11-17-15(4)8-13(2)9-16(17)5/h6-10,19-20H,11H2,1-5H3. The zero-order valence-corrected chi connectivity index (χ0v) is 13.1. The first kappa shape index (κ1) is 14.8. The molecule has 0 saturated heterocycles. The maximum absolute atomic E-state index is 10.6. The Labute approximate surface area is 122 Å². The number of aliphatic hydroxyl groups is 1. The molecule has 2 aromatic rings. The van der Waals surface area contributed by atoms with Gasteiger partial charge in [-0.05, 0) is 62.4 Å². The minimum atomic E-state index is -0.435. The van der Waals surface area contributed by atoms with Crippen molar-refractivity contribution >= 4 is 0 Å². The number of rotatable bonds is 3. The summed E-state index contributed by atoms with van der Waals surface area (Å²) in [7, 11) is 0. The Hall–Kier alpha value is -1.60. The largest absolute Gasteiger partial charge is 0.388 e. The number of hydrogen-bond acceptors (Lipinski definition) is 1. The zero-order valence-electron chi connectivity index (χ0n) is 13.1. The molecule has 0 aliphatic carbocycles. The van der Waals surface area contributed by atoms with Gasteiger partial charge < -0.3 is 5.11 Å². The van der Waals surface area contributed by atoms with Crippen molar-refractivity contribution in [2.24, 2.45) is 0 Å². The average molecular weight is 268 g/mol. The summed E-state index contributed by atoms with van der Waals surface area (Å²) < 4.78 is 0. The summed E-state index contributed by atoms with van der Waals surface area (Å²) in [4.78, 5) is 0. The predicted molar refractivity (Wildman–Crippen MR) is 85.2 cm³/mol. The second kappa shape index (κ2) is 5.80. The molecule has 0 aromatic heterocycles. The SMILES string of the molecule is Cc1cc(C)c(CC(O)c2cc(C)ccc2C)c(C)c1. The van der Waals surface area contributed by atoms with Crippen LogP contribution in [0, 0.1) is 34.6 Å². The molecule has 0 bridgehead atoms. The fourth-order valence-electron chi connectivity index (χ4n) is 2.95. The van der Waals surface area contributed by atoms with Gasteiger partial charge in [-0.15, -0.1) is 0 Å². The second-order valence-electron chi connectivity index (χ2n) is 5.96. The van der Waals surface area contributed by atoms with E-state index in [2.05, 4.69) is 65.0 Å². The predicted octanol–water partition coefficient (Wildman–Crippen LogP) is 4.50. The number of hydrogen-bond donors (Lipinski definition) is 1. The van der Waals surface area contributed by atoms with Gasteiger partial charge >= 0.3 is 0 Å². The minimum Gasteiger partial charge on any atom is -0.388 e. The molecular weight excluding hydrogens is 244 g/mol. The first-order chi connectivity index (χ1) is 9.38. The van der Waals surface area contributed by atoms with Crippen LogP contribution >= 0.6 is 0 Å². The fraction of sp³-hybridized carbons (Fsp3) is 0.368. The third-order valence-corrected chi connectivity index (χ3v) is 4.03. The van der Waals surface area contributed by atoms with Crippen molar-refractivity contribution in [1.82, 2.24) is 0 Å². The van der Waals surface area contributed by atoms with Gasteiger partial charge in [0.05, 0.1) is 6.10 Å². The van der Waals surface area contributed by atoms with Crippen molar-refractivity contribution in [2.45, 2.75) is 47.1 Å². The molecule has 1 atom stereocenters. The number of aliphatic hydroxyl groups excluding tert-OH is 1. The van der Waals surface area contributed by atoms with Gasteiger partial charge in [0.15, 0.2) is 0 Å². The molecule has 1 unspecified atom stereocenters. The van der Waals surface area contributed by atoms with Gasteiger partial charge in [0, 0.05) is 6.42 Å². The molecule has 1 nitrogen and oxygen atoms in total. The van der Waals surface area contributed by atoms with Crippen LogP contribution in [0.3, 0.4) is 0 Å². The van der Waals surface area contributed by atoms with Gasteiger partial charge in [-0.2, -0.15) is 0 Å². The molecule has 0 amide bonds. The van der Waals surface area contributed by atoms with Gasteiger partial charge in [-0.1, -0.05) is 41.5 Å². The Balaban J connectivity index is 2.32. The Morgan fingerprint density at radius 1 is 0.800 bits per heavy atom. The van der Waals surface area contributed by atoms with E-state index in [4.69, 9.17) is 0 Å². The van der Waals surface area contributed by atoms with E-state index < -0.39 is 6.10 Å². The van der Waals surface area contributed by atoms with Crippen LogP contribution in [0.2, 0.25) is 0 Å². The van der Waals surface area contributed by atoms with Crippen LogP contribution in [-0.2, 0) is 6.42 Å². The molecule has 0 radical (unpaired) electrons. The monoisotopic (exact) mass is 268 g/mol. The number of aryl methyl sites for hydroxylation is 5. The van der Waals surface area contributed by atoms with E-state index in [1.807, 2.05) is 0 Å². The van der Waals surface area contributed by atoms with E-state index in [0.717, 1.165) is 11.1 Å². The summed E-state index contributed by atoms with van der Waals surface area (Å²) >= 11 is 0. The molecule has 2 rings (SSSR count). The van der Waals surface area contributed by atoms with Gasteiger partial charge in [-0.25, -0.2) is 0 Å². The van der Waals surface area contributed by atoms with E-state index >= 15 is 0 Å². The normalized spacial score (nSPS) is 12.5. The lowest BCUT2D eigenvalue weighted by molar-refractivity contribution is 0.177. The van der Waals surface area contributed by atoms with Crippen LogP contribution in [0.15, 0.2) is 30.3 Å². The third-order valence-electron chi connectivity index (χ3n) is 4.03. The summed E-state index contributed by atoms with van der Waals surface area (Å²) in [6, 6.07) is 10.7. The molecule has 106 valence electrons. The smallest absolute Gasteiger partial charge is 0.0833 e. The van der Waals surface area contributed by atoms with Gasteiger partial charge in [-0.3, -0.25) is 0 Å².